The van der Waals surface area contributed by atoms with Gasteiger partial charge in [-0.15, -0.1) is 0 Å². The summed E-state index contributed by atoms with van der Waals surface area (Å²) in [6.07, 6.45) is 2.22. The molecule has 18 heavy (non-hydrogen) atoms. The molecule has 2 rings (SSSR count). The molecular weight excluding hydrogens is 230 g/mol. The van der Waals surface area contributed by atoms with Crippen molar-refractivity contribution in [2.24, 2.45) is 11.1 Å². The quantitative estimate of drug-likeness (QED) is 0.495. The zero-order chi connectivity index (χ0) is 13.0. The Morgan fingerprint density at radius 3 is 3.00 bits per heavy atom. The minimum Gasteiger partial charge on any atom is -0.493 e. The Balaban J connectivity index is 1.92. The van der Waals surface area contributed by atoms with Gasteiger partial charge in [0.2, 0.25) is 0 Å². The second-order valence-corrected chi connectivity index (χ2v) is 4.88. The zero-order valence-corrected chi connectivity index (χ0v) is 10.8. The van der Waals surface area contributed by atoms with E-state index in [0.29, 0.717) is 18.2 Å². The van der Waals surface area contributed by atoms with Crippen molar-refractivity contribution in [1.29, 1.82) is 0 Å². The molecule has 1 heterocycles. The van der Waals surface area contributed by atoms with Crippen LogP contribution in [-0.2, 0) is 0 Å². The molecular formula is C14H19NO3. The molecule has 0 saturated carbocycles. The van der Waals surface area contributed by atoms with Gasteiger partial charge in [-0.2, -0.15) is 0 Å². The van der Waals surface area contributed by atoms with Gasteiger partial charge in [-0.05, 0) is 30.9 Å². The minimum absolute atomic E-state index is 0.322. The van der Waals surface area contributed by atoms with Crippen LogP contribution in [0.3, 0.4) is 0 Å². The number of ether oxygens (including phenoxy) is 2. The maximum absolute atomic E-state index is 8.78. The SMILES string of the molecule is CC(C)CCCOc1ccc2c(c1)OC/C2=N\O. The van der Waals surface area contributed by atoms with E-state index in [-0.39, 0.29) is 0 Å². The molecule has 1 aromatic carbocycles. The van der Waals surface area contributed by atoms with Gasteiger partial charge >= 0.3 is 0 Å². The van der Waals surface area contributed by atoms with Crippen LogP contribution < -0.4 is 9.47 Å². The van der Waals surface area contributed by atoms with Crippen LogP contribution in [0.1, 0.15) is 32.3 Å². The molecule has 0 saturated heterocycles. The number of benzene rings is 1. The molecule has 0 unspecified atom stereocenters. The lowest BCUT2D eigenvalue weighted by Gasteiger charge is -2.08. The summed E-state index contributed by atoms with van der Waals surface area (Å²) in [6.45, 7) is 5.46. The molecule has 1 aromatic rings. The number of hydrogen-bond donors (Lipinski definition) is 1. The van der Waals surface area contributed by atoms with Gasteiger partial charge in [0.25, 0.3) is 0 Å². The summed E-state index contributed by atoms with van der Waals surface area (Å²) in [4.78, 5) is 0. The Kier molecular flexibility index (Phi) is 4.07. The van der Waals surface area contributed by atoms with Crippen molar-refractivity contribution in [3.05, 3.63) is 23.8 Å². The summed E-state index contributed by atoms with van der Waals surface area (Å²) in [6, 6.07) is 5.60. The fourth-order valence-corrected chi connectivity index (χ4v) is 1.94. The third kappa shape index (κ3) is 2.94. The van der Waals surface area contributed by atoms with E-state index in [1.54, 1.807) is 0 Å². The zero-order valence-electron chi connectivity index (χ0n) is 10.8. The van der Waals surface area contributed by atoms with Gasteiger partial charge in [-0.3, -0.25) is 0 Å². The molecule has 1 aliphatic rings. The Morgan fingerprint density at radius 2 is 2.28 bits per heavy atom. The molecule has 0 amide bonds. The summed E-state index contributed by atoms with van der Waals surface area (Å²) in [5.41, 5.74) is 1.41. The van der Waals surface area contributed by atoms with Gasteiger partial charge in [-0.1, -0.05) is 19.0 Å². The van der Waals surface area contributed by atoms with Gasteiger partial charge in [0.1, 0.15) is 23.8 Å². The summed E-state index contributed by atoms with van der Waals surface area (Å²) in [5, 5.41) is 12.0. The first-order valence-electron chi connectivity index (χ1n) is 6.31. The Bertz CT molecular complexity index is 441. The predicted octanol–water partition coefficient (Wildman–Crippen LogP) is 3.07. The van der Waals surface area contributed by atoms with E-state index in [1.807, 2.05) is 18.2 Å². The maximum Gasteiger partial charge on any atom is 0.134 e. The molecule has 0 fully saturated rings. The van der Waals surface area contributed by atoms with E-state index in [1.165, 1.54) is 6.42 Å². The molecule has 0 atom stereocenters. The van der Waals surface area contributed by atoms with Crippen LogP contribution in [0.4, 0.5) is 0 Å². The molecule has 4 nitrogen and oxygen atoms in total. The fraction of sp³-hybridized carbons (Fsp3) is 0.500. The van der Waals surface area contributed by atoms with E-state index >= 15 is 0 Å². The lowest BCUT2D eigenvalue weighted by atomic mass is 10.1. The summed E-state index contributed by atoms with van der Waals surface area (Å²) < 4.78 is 11.1. The van der Waals surface area contributed by atoms with E-state index in [4.69, 9.17) is 14.7 Å². The van der Waals surface area contributed by atoms with Crippen molar-refractivity contribution in [2.75, 3.05) is 13.2 Å². The number of nitrogens with zero attached hydrogens (tertiary/aromatic N) is 1. The van der Waals surface area contributed by atoms with Crippen molar-refractivity contribution < 1.29 is 14.7 Å². The molecule has 0 bridgehead atoms. The Hall–Kier alpha value is -1.71. The van der Waals surface area contributed by atoms with E-state index in [0.717, 1.165) is 30.1 Å². The molecule has 0 aromatic heterocycles. The number of hydrogen-bond acceptors (Lipinski definition) is 4. The van der Waals surface area contributed by atoms with Crippen molar-refractivity contribution >= 4 is 5.71 Å². The second kappa shape index (κ2) is 5.76. The molecule has 98 valence electrons. The third-order valence-electron chi connectivity index (χ3n) is 2.94. The summed E-state index contributed by atoms with van der Waals surface area (Å²) in [5.74, 6) is 2.24. The lowest BCUT2D eigenvalue weighted by molar-refractivity contribution is 0.295. The topological polar surface area (TPSA) is 51.0 Å². The highest BCUT2D eigenvalue weighted by molar-refractivity contribution is 6.05. The number of oxime groups is 1. The van der Waals surface area contributed by atoms with Gasteiger partial charge < -0.3 is 14.7 Å². The van der Waals surface area contributed by atoms with Crippen LogP contribution in [0.15, 0.2) is 23.4 Å². The van der Waals surface area contributed by atoms with Crippen molar-refractivity contribution in [2.45, 2.75) is 26.7 Å². The average Bonchev–Trinajstić information content (AvgIpc) is 2.76. The monoisotopic (exact) mass is 249 g/mol. The smallest absolute Gasteiger partial charge is 0.134 e. The van der Waals surface area contributed by atoms with Crippen LogP contribution in [-0.4, -0.2) is 24.1 Å². The summed E-state index contributed by atoms with van der Waals surface area (Å²) in [7, 11) is 0. The highest BCUT2D eigenvalue weighted by Gasteiger charge is 2.20. The van der Waals surface area contributed by atoms with E-state index < -0.39 is 0 Å². The van der Waals surface area contributed by atoms with Gasteiger partial charge in [0.05, 0.1) is 6.61 Å². The van der Waals surface area contributed by atoms with Gasteiger partial charge in [-0.25, -0.2) is 0 Å². The lowest BCUT2D eigenvalue weighted by Crippen LogP contribution is -2.01. The first-order valence-corrected chi connectivity index (χ1v) is 6.31. The predicted molar refractivity (Wildman–Crippen MR) is 69.8 cm³/mol. The molecule has 1 N–H and O–H groups in total. The van der Waals surface area contributed by atoms with Crippen LogP contribution in [0.25, 0.3) is 0 Å². The minimum atomic E-state index is 0.322. The Morgan fingerprint density at radius 1 is 1.44 bits per heavy atom. The molecule has 1 aliphatic heterocycles. The van der Waals surface area contributed by atoms with Gasteiger partial charge in [0.15, 0.2) is 0 Å². The number of fused-ring (bicyclic) bond motifs is 1. The van der Waals surface area contributed by atoms with Gasteiger partial charge in [0, 0.05) is 11.6 Å². The summed E-state index contributed by atoms with van der Waals surface area (Å²) >= 11 is 0. The number of rotatable bonds is 5. The van der Waals surface area contributed by atoms with Crippen molar-refractivity contribution in [3.8, 4) is 11.5 Å². The highest BCUT2D eigenvalue weighted by Crippen LogP contribution is 2.30. The fourth-order valence-electron chi connectivity index (χ4n) is 1.94. The normalized spacial score (nSPS) is 15.8. The van der Waals surface area contributed by atoms with Crippen molar-refractivity contribution in [1.82, 2.24) is 0 Å². The maximum atomic E-state index is 8.78. The first-order chi connectivity index (χ1) is 8.70. The first kappa shape index (κ1) is 12.7. The molecule has 4 heteroatoms. The highest BCUT2D eigenvalue weighted by atomic mass is 16.5. The van der Waals surface area contributed by atoms with Crippen LogP contribution in [0, 0.1) is 5.92 Å². The van der Waals surface area contributed by atoms with Crippen LogP contribution >= 0.6 is 0 Å². The standard InChI is InChI=1S/C14H19NO3/c1-10(2)4-3-7-17-11-5-6-12-13(15-16)9-18-14(12)8-11/h5-6,8,10,16H,3-4,7,9H2,1-2H3/b15-13+. The van der Waals surface area contributed by atoms with Crippen LogP contribution in [0.5, 0.6) is 11.5 Å². The third-order valence-corrected chi connectivity index (χ3v) is 2.94. The largest absolute Gasteiger partial charge is 0.493 e. The average molecular weight is 249 g/mol. The molecule has 0 radical (unpaired) electrons. The Labute approximate surface area is 107 Å². The van der Waals surface area contributed by atoms with Crippen molar-refractivity contribution in [3.63, 3.8) is 0 Å². The van der Waals surface area contributed by atoms with Crippen LogP contribution in [0.2, 0.25) is 0 Å². The van der Waals surface area contributed by atoms with E-state index in [9.17, 15) is 0 Å². The second-order valence-electron chi connectivity index (χ2n) is 4.88. The van der Waals surface area contributed by atoms with E-state index in [2.05, 4.69) is 19.0 Å². The molecule has 0 spiro atoms. The molecule has 0 aliphatic carbocycles.